The molecule has 0 fully saturated rings. The van der Waals surface area contributed by atoms with Gasteiger partial charge in [0, 0.05) is 12.4 Å². The summed E-state index contributed by atoms with van der Waals surface area (Å²) in [5, 5.41) is 3.10. The van der Waals surface area contributed by atoms with Crippen molar-refractivity contribution in [3.63, 3.8) is 0 Å². The molecule has 5 nitrogen and oxygen atoms in total. The van der Waals surface area contributed by atoms with Gasteiger partial charge in [-0.25, -0.2) is 4.98 Å². The van der Waals surface area contributed by atoms with Gasteiger partial charge in [-0.05, 0) is 18.2 Å². The van der Waals surface area contributed by atoms with E-state index in [4.69, 9.17) is 11.6 Å². The van der Waals surface area contributed by atoms with Crippen LogP contribution in [0.4, 0.5) is 0 Å². The summed E-state index contributed by atoms with van der Waals surface area (Å²) in [5.74, 6) is 0.447. The molecular formula is C14H11ClN4O. The number of imidazole rings is 1. The Morgan fingerprint density at radius 3 is 2.95 bits per heavy atom. The van der Waals surface area contributed by atoms with Crippen LogP contribution in [0.15, 0.2) is 42.7 Å². The lowest BCUT2D eigenvalue weighted by Gasteiger charge is -2.04. The highest BCUT2D eigenvalue weighted by Gasteiger charge is 2.10. The van der Waals surface area contributed by atoms with Crippen LogP contribution in [-0.4, -0.2) is 20.9 Å². The van der Waals surface area contributed by atoms with Crippen molar-refractivity contribution in [3.05, 3.63) is 59.1 Å². The molecule has 0 bridgehead atoms. The van der Waals surface area contributed by atoms with E-state index in [1.807, 2.05) is 24.3 Å². The highest BCUT2D eigenvalue weighted by atomic mass is 35.5. The molecule has 1 aromatic carbocycles. The Balaban J connectivity index is 1.73. The Bertz CT molecular complexity index is 735. The van der Waals surface area contributed by atoms with Crippen LogP contribution in [0, 0.1) is 0 Å². The fraction of sp³-hybridized carbons (Fsp3) is 0.0714. The van der Waals surface area contributed by atoms with Gasteiger partial charge in [0.15, 0.2) is 0 Å². The first-order valence-corrected chi connectivity index (χ1v) is 6.43. The van der Waals surface area contributed by atoms with Gasteiger partial charge in [-0.15, -0.1) is 0 Å². The van der Waals surface area contributed by atoms with Gasteiger partial charge in [0.2, 0.25) is 0 Å². The molecule has 2 heterocycles. The molecule has 20 heavy (non-hydrogen) atoms. The number of pyridine rings is 1. The number of para-hydroxylation sites is 2. The van der Waals surface area contributed by atoms with Gasteiger partial charge in [-0.1, -0.05) is 23.7 Å². The van der Waals surface area contributed by atoms with Crippen LogP contribution in [-0.2, 0) is 6.54 Å². The second kappa shape index (κ2) is 5.30. The second-order valence-electron chi connectivity index (χ2n) is 4.24. The van der Waals surface area contributed by atoms with E-state index in [1.54, 1.807) is 6.07 Å². The zero-order chi connectivity index (χ0) is 13.9. The Morgan fingerprint density at radius 2 is 2.15 bits per heavy atom. The first-order chi connectivity index (χ1) is 9.74. The fourth-order valence-corrected chi connectivity index (χ4v) is 2.11. The maximum atomic E-state index is 12.0. The van der Waals surface area contributed by atoms with Crippen LogP contribution < -0.4 is 5.32 Å². The third kappa shape index (κ3) is 2.48. The van der Waals surface area contributed by atoms with Crippen molar-refractivity contribution in [1.82, 2.24) is 20.3 Å². The number of aromatic amines is 1. The van der Waals surface area contributed by atoms with E-state index >= 15 is 0 Å². The van der Waals surface area contributed by atoms with Gasteiger partial charge in [-0.3, -0.25) is 9.78 Å². The summed E-state index contributed by atoms with van der Waals surface area (Å²) >= 11 is 5.92. The monoisotopic (exact) mass is 286 g/mol. The summed E-state index contributed by atoms with van der Waals surface area (Å²) in [4.78, 5) is 23.4. The smallest absolute Gasteiger partial charge is 0.253 e. The van der Waals surface area contributed by atoms with E-state index in [0.717, 1.165) is 11.0 Å². The van der Waals surface area contributed by atoms with Crippen molar-refractivity contribution < 1.29 is 4.79 Å². The summed E-state index contributed by atoms with van der Waals surface area (Å²) in [7, 11) is 0. The minimum Gasteiger partial charge on any atom is -0.345 e. The average Bonchev–Trinajstić information content (AvgIpc) is 2.88. The van der Waals surface area contributed by atoms with Gasteiger partial charge in [0.1, 0.15) is 5.82 Å². The fourth-order valence-electron chi connectivity index (χ4n) is 1.91. The molecular weight excluding hydrogens is 276 g/mol. The zero-order valence-corrected chi connectivity index (χ0v) is 11.2. The molecule has 0 atom stereocenters. The number of aromatic nitrogens is 3. The van der Waals surface area contributed by atoms with Crippen molar-refractivity contribution in [2.45, 2.75) is 6.54 Å². The number of benzene rings is 1. The molecule has 0 saturated heterocycles. The van der Waals surface area contributed by atoms with Crippen molar-refractivity contribution in [2.75, 3.05) is 0 Å². The second-order valence-corrected chi connectivity index (χ2v) is 4.65. The number of fused-ring (bicyclic) bond motifs is 1. The van der Waals surface area contributed by atoms with Crippen LogP contribution in [0.25, 0.3) is 11.0 Å². The first-order valence-electron chi connectivity index (χ1n) is 6.05. The van der Waals surface area contributed by atoms with Crippen LogP contribution >= 0.6 is 11.6 Å². The lowest BCUT2D eigenvalue weighted by atomic mass is 10.2. The number of hydrogen-bond donors (Lipinski definition) is 2. The maximum absolute atomic E-state index is 12.0. The van der Waals surface area contributed by atoms with Crippen LogP contribution in [0.5, 0.6) is 0 Å². The van der Waals surface area contributed by atoms with Gasteiger partial charge in [0.25, 0.3) is 5.91 Å². The molecule has 0 aliphatic heterocycles. The van der Waals surface area contributed by atoms with E-state index in [1.165, 1.54) is 12.4 Å². The highest BCUT2D eigenvalue weighted by molar-refractivity contribution is 6.33. The third-order valence-electron chi connectivity index (χ3n) is 2.87. The number of carbonyl (C=O) groups excluding carboxylic acids is 1. The number of carbonyl (C=O) groups is 1. The number of nitrogens with zero attached hydrogens (tertiary/aromatic N) is 2. The lowest BCUT2D eigenvalue weighted by Crippen LogP contribution is -2.23. The average molecular weight is 287 g/mol. The molecule has 0 radical (unpaired) electrons. The minimum atomic E-state index is -0.252. The predicted octanol–water partition coefficient (Wildman–Crippen LogP) is 2.54. The third-order valence-corrected chi connectivity index (χ3v) is 3.17. The molecule has 0 aliphatic rings. The normalized spacial score (nSPS) is 10.7. The molecule has 6 heteroatoms. The van der Waals surface area contributed by atoms with Crippen LogP contribution in [0.3, 0.4) is 0 Å². The lowest BCUT2D eigenvalue weighted by molar-refractivity contribution is 0.0950. The van der Waals surface area contributed by atoms with Crippen molar-refractivity contribution in [2.24, 2.45) is 0 Å². The Hall–Kier alpha value is -2.40. The summed E-state index contributed by atoms with van der Waals surface area (Å²) in [6, 6.07) is 9.28. The standard InChI is InChI=1S/C14H11ClN4O/c15-10-7-16-6-5-9(10)14(20)17-8-13-18-11-3-1-2-4-12(11)19-13/h1-7H,8H2,(H,17,20)(H,18,19). The molecule has 0 spiro atoms. The van der Waals surface area contributed by atoms with Crippen molar-refractivity contribution in [1.29, 1.82) is 0 Å². The quantitative estimate of drug-likeness (QED) is 0.777. The number of H-pyrrole nitrogens is 1. The Labute approximate surface area is 120 Å². The molecule has 0 aliphatic carbocycles. The zero-order valence-electron chi connectivity index (χ0n) is 10.4. The largest absolute Gasteiger partial charge is 0.345 e. The van der Waals surface area contributed by atoms with Gasteiger partial charge < -0.3 is 10.3 Å². The number of halogens is 1. The molecule has 3 aromatic rings. The summed E-state index contributed by atoms with van der Waals surface area (Å²) in [5.41, 5.74) is 2.22. The van der Waals surface area contributed by atoms with Gasteiger partial charge in [-0.2, -0.15) is 0 Å². The molecule has 1 amide bonds. The maximum Gasteiger partial charge on any atom is 0.253 e. The van der Waals surface area contributed by atoms with Gasteiger partial charge in [0.05, 0.1) is 28.2 Å². The number of hydrogen-bond acceptors (Lipinski definition) is 3. The molecule has 2 aromatic heterocycles. The highest BCUT2D eigenvalue weighted by Crippen LogP contribution is 2.13. The number of nitrogens with one attached hydrogen (secondary N) is 2. The molecule has 3 rings (SSSR count). The summed E-state index contributed by atoms with van der Waals surface area (Å²) in [6.45, 7) is 0.312. The van der Waals surface area contributed by atoms with Crippen molar-refractivity contribution >= 4 is 28.5 Å². The molecule has 2 N–H and O–H groups in total. The molecule has 100 valence electrons. The van der Waals surface area contributed by atoms with E-state index in [-0.39, 0.29) is 5.91 Å². The van der Waals surface area contributed by atoms with Crippen molar-refractivity contribution in [3.8, 4) is 0 Å². The Morgan fingerprint density at radius 1 is 1.30 bits per heavy atom. The van der Waals surface area contributed by atoms with E-state index in [9.17, 15) is 4.79 Å². The van der Waals surface area contributed by atoms with Gasteiger partial charge >= 0.3 is 0 Å². The SMILES string of the molecule is O=C(NCc1nc2ccccc2[nH]1)c1ccncc1Cl. The van der Waals surface area contributed by atoms with E-state index in [0.29, 0.717) is 23.0 Å². The van der Waals surface area contributed by atoms with Crippen LogP contribution in [0.2, 0.25) is 5.02 Å². The van der Waals surface area contributed by atoms with Crippen LogP contribution in [0.1, 0.15) is 16.2 Å². The number of rotatable bonds is 3. The summed E-state index contributed by atoms with van der Waals surface area (Å²) < 4.78 is 0. The Kier molecular flexibility index (Phi) is 3.35. The summed E-state index contributed by atoms with van der Waals surface area (Å²) in [6.07, 6.45) is 2.97. The van der Waals surface area contributed by atoms with E-state index < -0.39 is 0 Å². The molecule has 0 saturated carbocycles. The first kappa shape index (κ1) is 12.6. The predicted molar refractivity (Wildman–Crippen MR) is 76.5 cm³/mol. The minimum absolute atomic E-state index is 0.252. The molecule has 0 unspecified atom stereocenters. The topological polar surface area (TPSA) is 70.7 Å². The number of amides is 1. The van der Waals surface area contributed by atoms with E-state index in [2.05, 4.69) is 20.3 Å².